The molecule has 14 nitrogen and oxygen atoms in total. The van der Waals surface area contributed by atoms with Crippen molar-refractivity contribution in [2.45, 2.75) is 25.0 Å². The number of thioether (sulfide) groups is 2. The molecule has 1 atom stereocenters. The number of ether oxygens (including phenoxy) is 2. The molecule has 16 heteroatoms. The molecule has 0 bridgehead atoms. The predicted molar refractivity (Wildman–Crippen MR) is 141 cm³/mol. The van der Waals surface area contributed by atoms with Gasteiger partial charge in [0, 0.05) is 24.3 Å². The van der Waals surface area contributed by atoms with E-state index in [0.717, 1.165) is 11.8 Å². The van der Waals surface area contributed by atoms with E-state index in [4.69, 9.17) is 9.47 Å². The highest BCUT2D eigenvalue weighted by atomic mass is 32.2. The SMILES string of the molecule is O=C(CSC1=C(C(=O)OCc2ccc([N+](=O)[O-])cc2)N2C(=O)C[C@H]2S1)NCC(=O)OCc1ccc([N+](=O)[O-])cc1. The fourth-order valence-corrected chi connectivity index (χ4v) is 6.08. The van der Waals surface area contributed by atoms with Crippen LogP contribution in [0.2, 0.25) is 0 Å². The minimum absolute atomic E-state index is 0.0356. The van der Waals surface area contributed by atoms with Crippen LogP contribution in [-0.2, 0) is 41.9 Å². The Morgan fingerprint density at radius 3 is 2.02 bits per heavy atom. The Balaban J connectivity index is 1.26. The summed E-state index contributed by atoms with van der Waals surface area (Å²) in [5, 5.41) is 23.6. The standard InChI is InChI=1S/C24H20N4O10S2/c29-18(25-10-21(31)37-11-14-1-5-16(6-2-14)27(33)34)13-39-24-22(26-19(30)9-20(26)40-24)23(32)38-12-15-3-7-17(8-4-15)28(35)36/h1-8,20H,9-13H2,(H,25,29)/t20-/m1/s1. The Bertz CT molecular complexity index is 1400. The number of non-ortho nitro benzene ring substituents is 2. The number of β-lactam (4-membered cyclic amide) rings is 1. The summed E-state index contributed by atoms with van der Waals surface area (Å²) in [5.41, 5.74) is 0.900. The number of nitro groups is 2. The van der Waals surface area contributed by atoms with Crippen molar-refractivity contribution >= 4 is 58.7 Å². The van der Waals surface area contributed by atoms with Crippen molar-refractivity contribution in [2.24, 2.45) is 0 Å². The molecular weight excluding hydrogens is 568 g/mol. The molecule has 1 saturated heterocycles. The van der Waals surface area contributed by atoms with Gasteiger partial charge in [0.25, 0.3) is 11.4 Å². The van der Waals surface area contributed by atoms with Crippen LogP contribution in [0.4, 0.5) is 11.4 Å². The van der Waals surface area contributed by atoms with Gasteiger partial charge in [-0.2, -0.15) is 0 Å². The van der Waals surface area contributed by atoms with E-state index in [9.17, 15) is 39.4 Å². The Morgan fingerprint density at radius 1 is 0.950 bits per heavy atom. The lowest BCUT2D eigenvalue weighted by Gasteiger charge is -2.34. The zero-order chi connectivity index (χ0) is 28.8. The fraction of sp³-hybridized carbons (Fsp3) is 0.250. The number of carbonyl (C=O) groups excluding carboxylic acids is 4. The second-order valence-corrected chi connectivity index (χ2v) is 10.8. The molecule has 2 aromatic rings. The van der Waals surface area contributed by atoms with Gasteiger partial charge in [-0.05, 0) is 35.4 Å². The fourth-order valence-electron chi connectivity index (χ4n) is 3.52. The molecule has 0 radical (unpaired) electrons. The van der Waals surface area contributed by atoms with E-state index in [1.54, 1.807) is 0 Å². The predicted octanol–water partition coefficient (Wildman–Crippen LogP) is 2.61. The Morgan fingerprint density at radius 2 is 1.50 bits per heavy atom. The number of fused-ring (bicyclic) bond motifs is 1. The maximum absolute atomic E-state index is 12.8. The number of nitrogens with zero attached hydrogens (tertiary/aromatic N) is 3. The maximum Gasteiger partial charge on any atom is 0.357 e. The van der Waals surface area contributed by atoms with E-state index in [-0.39, 0.29) is 53.7 Å². The lowest BCUT2D eigenvalue weighted by atomic mass is 10.2. The molecule has 2 aliphatic rings. The van der Waals surface area contributed by atoms with Crippen LogP contribution in [0.1, 0.15) is 17.5 Å². The molecule has 2 aliphatic heterocycles. The number of carbonyl (C=O) groups is 4. The Kier molecular flexibility index (Phi) is 9.00. The number of hydrogen-bond acceptors (Lipinski definition) is 12. The van der Waals surface area contributed by atoms with Crippen molar-refractivity contribution in [1.82, 2.24) is 10.2 Å². The van der Waals surface area contributed by atoms with Crippen LogP contribution in [0.15, 0.2) is 58.5 Å². The monoisotopic (exact) mass is 588 g/mol. The molecule has 0 spiro atoms. The van der Waals surface area contributed by atoms with Gasteiger partial charge in [-0.25, -0.2) is 4.79 Å². The molecule has 0 unspecified atom stereocenters. The molecule has 1 N–H and O–H groups in total. The van der Waals surface area contributed by atoms with Gasteiger partial charge in [0.05, 0.1) is 31.6 Å². The quantitative estimate of drug-likeness (QED) is 0.165. The summed E-state index contributed by atoms with van der Waals surface area (Å²) in [7, 11) is 0. The van der Waals surface area contributed by atoms with Gasteiger partial charge in [-0.1, -0.05) is 11.8 Å². The third-order valence-corrected chi connectivity index (χ3v) is 8.17. The number of benzene rings is 2. The number of amides is 2. The molecule has 2 aromatic carbocycles. The van der Waals surface area contributed by atoms with Crippen LogP contribution in [0.5, 0.6) is 0 Å². The number of hydrogen-bond donors (Lipinski definition) is 1. The molecule has 4 rings (SSSR count). The second kappa shape index (κ2) is 12.6. The van der Waals surface area contributed by atoms with Gasteiger partial charge in [-0.3, -0.25) is 39.5 Å². The van der Waals surface area contributed by atoms with E-state index >= 15 is 0 Å². The van der Waals surface area contributed by atoms with E-state index in [1.165, 1.54) is 65.2 Å². The van der Waals surface area contributed by atoms with Crippen molar-refractivity contribution in [1.29, 1.82) is 0 Å². The Hall–Kier alpha value is -4.44. The lowest BCUT2D eigenvalue weighted by molar-refractivity contribution is -0.385. The topological polar surface area (TPSA) is 188 Å². The number of rotatable bonds is 12. The highest BCUT2D eigenvalue weighted by molar-refractivity contribution is 8.23. The molecule has 2 amide bonds. The van der Waals surface area contributed by atoms with Crippen molar-refractivity contribution in [3.8, 4) is 0 Å². The van der Waals surface area contributed by atoms with Crippen LogP contribution in [-0.4, -0.2) is 56.2 Å². The number of nitrogens with one attached hydrogen (secondary N) is 1. The molecule has 1 fully saturated rings. The van der Waals surface area contributed by atoms with Crippen LogP contribution < -0.4 is 5.32 Å². The van der Waals surface area contributed by atoms with Gasteiger partial charge >= 0.3 is 11.9 Å². The van der Waals surface area contributed by atoms with Crippen molar-refractivity contribution in [2.75, 3.05) is 12.3 Å². The lowest BCUT2D eigenvalue weighted by Crippen LogP contribution is -2.48. The average Bonchev–Trinajstić information content (AvgIpc) is 3.24. The van der Waals surface area contributed by atoms with E-state index in [1.807, 2.05) is 0 Å². The maximum atomic E-state index is 12.8. The summed E-state index contributed by atoms with van der Waals surface area (Å²) in [4.78, 5) is 70.9. The third-order valence-electron chi connectivity index (χ3n) is 5.60. The summed E-state index contributed by atoms with van der Waals surface area (Å²) in [6.45, 7) is -0.699. The second-order valence-electron chi connectivity index (χ2n) is 8.33. The van der Waals surface area contributed by atoms with Gasteiger partial charge < -0.3 is 14.8 Å². The van der Waals surface area contributed by atoms with E-state index in [0.29, 0.717) is 15.4 Å². The minimum Gasteiger partial charge on any atom is -0.460 e. The molecule has 0 aliphatic carbocycles. The van der Waals surface area contributed by atoms with Crippen molar-refractivity contribution in [3.05, 3.63) is 89.8 Å². The highest BCUT2D eigenvalue weighted by Crippen LogP contribution is 2.50. The molecule has 2 heterocycles. The largest absolute Gasteiger partial charge is 0.460 e. The zero-order valence-corrected chi connectivity index (χ0v) is 22.1. The molecular formula is C24H20N4O10S2. The summed E-state index contributed by atoms with van der Waals surface area (Å²) in [6, 6.07) is 11.0. The highest BCUT2D eigenvalue weighted by Gasteiger charge is 2.49. The first kappa shape index (κ1) is 28.6. The van der Waals surface area contributed by atoms with E-state index in [2.05, 4.69) is 5.32 Å². The Labute approximate surface area is 234 Å². The smallest absolute Gasteiger partial charge is 0.357 e. The summed E-state index contributed by atoms with van der Waals surface area (Å²) in [6.07, 6.45) is 0.237. The van der Waals surface area contributed by atoms with Crippen LogP contribution >= 0.6 is 23.5 Å². The summed E-state index contributed by atoms with van der Waals surface area (Å²) in [5.74, 6) is -2.39. The number of esters is 2. The normalized spacial score (nSPS) is 15.7. The molecule has 208 valence electrons. The van der Waals surface area contributed by atoms with Crippen LogP contribution in [0.3, 0.4) is 0 Å². The molecule has 0 aromatic heterocycles. The van der Waals surface area contributed by atoms with Gasteiger partial charge in [0.1, 0.15) is 19.8 Å². The first-order valence-corrected chi connectivity index (χ1v) is 13.4. The minimum atomic E-state index is -0.765. The summed E-state index contributed by atoms with van der Waals surface area (Å²) >= 11 is 2.28. The first-order valence-electron chi connectivity index (χ1n) is 11.5. The molecule has 0 saturated carbocycles. The zero-order valence-electron chi connectivity index (χ0n) is 20.5. The molecule has 40 heavy (non-hydrogen) atoms. The van der Waals surface area contributed by atoms with Crippen molar-refractivity contribution in [3.63, 3.8) is 0 Å². The van der Waals surface area contributed by atoms with Gasteiger partial charge in [-0.15, -0.1) is 11.8 Å². The van der Waals surface area contributed by atoms with Crippen LogP contribution in [0.25, 0.3) is 0 Å². The summed E-state index contributed by atoms with van der Waals surface area (Å²) < 4.78 is 10.8. The number of nitro benzene ring substituents is 2. The van der Waals surface area contributed by atoms with Crippen molar-refractivity contribution < 1.29 is 38.5 Å². The third kappa shape index (κ3) is 6.95. The first-order chi connectivity index (χ1) is 19.1. The van der Waals surface area contributed by atoms with Gasteiger partial charge in [0.2, 0.25) is 11.8 Å². The van der Waals surface area contributed by atoms with E-state index < -0.39 is 34.2 Å². The van der Waals surface area contributed by atoms with Gasteiger partial charge in [0.15, 0.2) is 5.70 Å². The average molecular weight is 589 g/mol. The van der Waals surface area contributed by atoms with Crippen LogP contribution in [0, 0.1) is 20.2 Å².